The van der Waals surface area contributed by atoms with Crippen LogP contribution in [0.4, 0.5) is 40.8 Å². The fourth-order valence-electron chi connectivity index (χ4n) is 13.1. The van der Waals surface area contributed by atoms with E-state index in [9.17, 15) is 55.9 Å². The lowest BCUT2D eigenvalue weighted by molar-refractivity contribution is 0.0975. The number of likely N-dealkylation sites (tertiary alicyclic amines) is 1. The van der Waals surface area contributed by atoms with Gasteiger partial charge in [0.1, 0.15) is 81.2 Å². The van der Waals surface area contributed by atoms with Crippen LogP contribution in [0.15, 0.2) is 195 Å². The number of carbonyl (C=O) groups excluding carboxylic acids is 8. The Balaban J connectivity index is 0.000000200. The molecule has 38 heteroatoms. The minimum Gasteiger partial charge on any atom is -0.496 e. The van der Waals surface area contributed by atoms with Gasteiger partial charge in [0.2, 0.25) is 0 Å². The van der Waals surface area contributed by atoms with Gasteiger partial charge in [0.15, 0.2) is 23.1 Å². The lowest BCUT2D eigenvalue weighted by Gasteiger charge is -2.19. The van der Waals surface area contributed by atoms with Crippen molar-refractivity contribution in [2.75, 3.05) is 62.8 Å². The number of amidine groups is 2. The smallest absolute Gasteiger partial charge is 0.257 e. The molecule has 5 heterocycles. The number of nitrogen functional groups attached to an aromatic ring is 1. The molecule has 1 fully saturated rings. The van der Waals surface area contributed by atoms with E-state index in [1.807, 2.05) is 18.7 Å². The molecule has 1 saturated heterocycles. The first-order chi connectivity index (χ1) is 63.8. The quantitative estimate of drug-likeness (QED) is 0.00952. The van der Waals surface area contributed by atoms with Gasteiger partial charge in [0.05, 0.1) is 70.8 Å². The van der Waals surface area contributed by atoms with Crippen molar-refractivity contribution in [3.8, 4) is 23.0 Å². The number of nitrogens with one attached hydrogen (secondary N) is 8. The fraction of sp³-hybridized carbons (Fsp3) is 0.167. The Hall–Kier alpha value is -13.6. The third-order valence-corrected chi connectivity index (χ3v) is 21.5. The predicted octanol–water partition coefficient (Wildman–Crippen LogP) is 22.4. The maximum absolute atomic E-state index is 15.0. The number of ketones is 4. The average Bonchev–Trinajstić information content (AvgIpc) is 0.846. The molecule has 26 nitrogen and oxygen atoms in total. The summed E-state index contributed by atoms with van der Waals surface area (Å²) in [5.41, 5.74) is 7.68. The molecule has 12 aromatic rings. The van der Waals surface area contributed by atoms with Gasteiger partial charge < -0.3 is 61.7 Å². The highest BCUT2D eigenvalue weighted by Gasteiger charge is 2.30. The number of carbonyl (C=O) groups is 8. The van der Waals surface area contributed by atoms with Gasteiger partial charge in [0.25, 0.3) is 23.6 Å². The molecular formula is C96H82Cl8F4N14O12. The van der Waals surface area contributed by atoms with Crippen molar-refractivity contribution in [1.29, 1.82) is 21.6 Å². The Bertz CT molecular complexity index is 6070. The number of anilines is 4. The molecule has 0 aliphatic carbocycles. The van der Waals surface area contributed by atoms with Crippen LogP contribution in [-0.2, 0) is 25.7 Å². The first-order valence-corrected chi connectivity index (χ1v) is 43.1. The predicted molar refractivity (Wildman–Crippen MR) is 514 cm³/mol. The van der Waals surface area contributed by atoms with E-state index in [4.69, 9.17) is 139 Å². The maximum atomic E-state index is 15.0. The van der Waals surface area contributed by atoms with Crippen LogP contribution in [0.2, 0.25) is 40.2 Å². The number of amides is 4. The third-order valence-electron chi connectivity index (χ3n) is 19.7. The van der Waals surface area contributed by atoms with E-state index in [0.29, 0.717) is 36.8 Å². The number of hydrogen-bond acceptors (Lipinski definition) is 20. The summed E-state index contributed by atoms with van der Waals surface area (Å²) in [6, 6.07) is 39.5. The van der Waals surface area contributed by atoms with Gasteiger partial charge >= 0.3 is 0 Å². The highest BCUT2D eigenvalue weighted by Crippen LogP contribution is 2.36. The van der Waals surface area contributed by atoms with Crippen LogP contribution in [0.25, 0.3) is 0 Å². The third kappa shape index (κ3) is 28.0. The summed E-state index contributed by atoms with van der Waals surface area (Å²) in [7, 11) is 5.51. The minimum atomic E-state index is -0.827. The second-order valence-electron chi connectivity index (χ2n) is 28.7. The van der Waals surface area contributed by atoms with Crippen LogP contribution >= 0.6 is 92.8 Å². The van der Waals surface area contributed by atoms with E-state index in [1.165, 1.54) is 188 Å². The zero-order valence-electron chi connectivity index (χ0n) is 72.4. The summed E-state index contributed by atoms with van der Waals surface area (Å²) in [5, 5.41) is 43.9. The second kappa shape index (κ2) is 48.7. The van der Waals surface area contributed by atoms with Crippen LogP contribution < -0.4 is 45.9 Å². The van der Waals surface area contributed by atoms with E-state index in [0.717, 1.165) is 44.1 Å². The van der Waals surface area contributed by atoms with Crippen molar-refractivity contribution < 1.29 is 74.9 Å². The number of benzene rings is 8. The van der Waals surface area contributed by atoms with E-state index in [1.54, 1.807) is 30.3 Å². The molecule has 0 spiro atoms. The number of Topliss-reactive ketones (excluding diaryl/α,β-unsaturated/α-hetero) is 4. The molecule has 692 valence electrons. The van der Waals surface area contributed by atoms with Gasteiger partial charge in [-0.05, 0) is 183 Å². The van der Waals surface area contributed by atoms with E-state index in [-0.39, 0.29) is 187 Å². The highest BCUT2D eigenvalue weighted by atomic mass is 35.5. The van der Waals surface area contributed by atoms with Gasteiger partial charge in [0, 0.05) is 151 Å². The summed E-state index contributed by atoms with van der Waals surface area (Å²) in [6.45, 7) is 8.56. The number of aromatic nitrogens is 4. The molecule has 0 bridgehead atoms. The first kappa shape index (κ1) is 104. The number of methoxy groups -OCH3 is 4. The molecule has 8 aromatic carbocycles. The lowest BCUT2D eigenvalue weighted by Crippen LogP contribution is -2.27. The van der Waals surface area contributed by atoms with Crippen LogP contribution in [0.3, 0.4) is 0 Å². The molecule has 0 saturated carbocycles. The summed E-state index contributed by atoms with van der Waals surface area (Å²) >= 11 is 47.9. The van der Waals surface area contributed by atoms with Crippen molar-refractivity contribution in [3.63, 3.8) is 0 Å². The fourth-order valence-corrected chi connectivity index (χ4v) is 14.4. The number of rotatable bonds is 28. The van der Waals surface area contributed by atoms with E-state index >= 15 is 0 Å². The highest BCUT2D eigenvalue weighted by molar-refractivity contribution is 6.34. The topological polar surface area (TPSA) is 398 Å². The first-order valence-electron chi connectivity index (χ1n) is 40.1. The van der Waals surface area contributed by atoms with Crippen molar-refractivity contribution in [2.45, 2.75) is 66.2 Å². The molecule has 10 N–H and O–H groups in total. The SMILES string of the molecule is CC.COc1cc(Cl)cc(C(=O)Nc2ccc(Cl)cn2)c1CC(=O)c1ccc(C(=N)N)cc1F.COc1cc(Cl)cc(C(=O)Nc2ccc(Cl)cn2)c1CC(=O)c1ccc(C(=N)N2CCCC2)cc1F.COc1cc(Cl)cc(C(=O)Nc2ccc(Cl)cn2)c1CC(=O)c1ccc(C(C)=N)cc1F.COc1cc(Cl)cc(C(=O)Nc2ccc(Cl)cn2)c1CC(=O)c1ccc(C(C)=N)cc1F. The van der Waals surface area contributed by atoms with Crippen molar-refractivity contribution in [3.05, 3.63) is 347 Å². The zero-order chi connectivity index (χ0) is 98.1. The zero-order valence-corrected chi connectivity index (χ0v) is 78.4. The molecule has 0 atom stereocenters. The summed E-state index contributed by atoms with van der Waals surface area (Å²) in [6.07, 6.45) is 6.23. The van der Waals surface area contributed by atoms with Gasteiger partial charge in [-0.2, -0.15) is 0 Å². The maximum Gasteiger partial charge on any atom is 0.257 e. The monoisotopic (exact) mass is 1980 g/mol. The van der Waals surface area contributed by atoms with Gasteiger partial charge in [-0.3, -0.25) is 49.2 Å². The standard InChI is InChI=1S/C26H23Cl2FN4O3.2C23H18Cl2FN3O3.C22H17Cl2FN4O3.C2H6/c1-36-23-12-17(28)11-20(26(35)32-24-7-5-16(27)14-31-24)19(23)13-22(34)18-6-4-15(10-21(18)29)25(30)33-8-2-3-9-33;2*1-12(27)13-3-5-16(19(26)7-13)20(30)10-17-18(8-15(25)9-21(17)32-2)23(31)29-22-6-4-14(24)11-28-22;1-32-19-8-13(24)7-16(22(31)29-20-5-3-12(23)10-28-20)15(19)9-18(30)14-4-2-11(21(26)27)6-17(14)25;1-2/h4-7,10-12,14,30H,2-3,8-9,13H2,1H3,(H,31,32,35);2*3-9,11,27H,10H2,1-2H3,(H,28,29,31);2-8,10H,9H2,1H3,(H3,26,27)(H,28,29,31);1-2H3. The number of hydrogen-bond donors (Lipinski definition) is 9. The molecule has 134 heavy (non-hydrogen) atoms. The number of ether oxygens (including phenoxy) is 4. The Morgan fingerprint density at radius 2 is 0.567 bits per heavy atom. The summed E-state index contributed by atoms with van der Waals surface area (Å²) < 4.78 is 79.8. The van der Waals surface area contributed by atoms with E-state index < -0.39 is 70.0 Å². The summed E-state index contributed by atoms with van der Waals surface area (Å²) in [4.78, 5) is 122. The largest absolute Gasteiger partial charge is 0.496 e. The molecule has 0 radical (unpaired) electrons. The van der Waals surface area contributed by atoms with Crippen molar-refractivity contribution in [2.24, 2.45) is 5.73 Å². The van der Waals surface area contributed by atoms with Crippen molar-refractivity contribution in [1.82, 2.24) is 24.8 Å². The van der Waals surface area contributed by atoms with Crippen LogP contribution in [-0.4, -0.2) is 136 Å². The lowest BCUT2D eigenvalue weighted by atomic mass is 9.96. The average molecular weight is 1980 g/mol. The Labute approximate surface area is 806 Å². The number of nitrogens with zero attached hydrogens (tertiary/aromatic N) is 5. The van der Waals surface area contributed by atoms with E-state index in [2.05, 4.69) is 41.2 Å². The molecule has 1 aliphatic rings. The van der Waals surface area contributed by atoms with Gasteiger partial charge in [-0.15, -0.1) is 0 Å². The van der Waals surface area contributed by atoms with Crippen molar-refractivity contribution >= 4 is 186 Å². The molecule has 4 amide bonds. The number of pyridine rings is 4. The number of nitrogens with two attached hydrogens (primary N) is 1. The van der Waals surface area contributed by atoms with Crippen LogP contribution in [0.1, 0.15) is 168 Å². The molecule has 13 rings (SSSR count). The number of halogens is 12. The summed E-state index contributed by atoms with van der Waals surface area (Å²) in [5.74, 6) is -5.87. The van der Waals surface area contributed by atoms with Gasteiger partial charge in [-0.1, -0.05) is 131 Å². The Morgan fingerprint density at radius 3 is 0.784 bits per heavy atom. The minimum absolute atomic E-state index is 0.0696. The molecule has 4 aromatic heterocycles. The molecule has 0 unspecified atom stereocenters. The Morgan fingerprint density at radius 1 is 0.336 bits per heavy atom. The molecular weight excluding hydrogens is 1900 g/mol. The van der Waals surface area contributed by atoms with Crippen LogP contribution in [0, 0.1) is 44.9 Å². The van der Waals surface area contributed by atoms with Gasteiger partial charge in [-0.25, -0.2) is 37.5 Å². The molecule has 1 aliphatic heterocycles. The second-order valence-corrected chi connectivity index (χ2v) is 32.2. The Kier molecular flexibility index (Phi) is 37.9. The van der Waals surface area contributed by atoms with Crippen LogP contribution in [0.5, 0.6) is 23.0 Å². The normalized spacial score (nSPS) is 11.1.